The maximum Gasteiger partial charge on any atom is 0.295 e. The zero-order valence-corrected chi connectivity index (χ0v) is 20.7. The number of ketones is 1. The first kappa shape index (κ1) is 25.1. The highest BCUT2D eigenvalue weighted by atomic mass is 16.5. The van der Waals surface area contributed by atoms with E-state index in [2.05, 4.69) is 0 Å². The molecule has 0 saturated carbocycles. The number of ether oxygens (including phenoxy) is 3. The number of hydrogen-bond donors (Lipinski definition) is 1. The normalized spacial score (nSPS) is 17.4. The standard InChI is InChI=1S/C27H33NO6/c1-7-13-28-24(17-9-12-21(34-8-2)22(15-17)33-6)23(26(30)27(28)31)25(29)18-10-11-20(32-5)19(14-18)16(3)4/h9-12,14-16,24,29H,7-8,13H2,1-6H3/b25-23+. The van der Waals surface area contributed by atoms with Crippen molar-refractivity contribution in [2.75, 3.05) is 27.4 Å². The van der Waals surface area contributed by atoms with Gasteiger partial charge in [-0.2, -0.15) is 0 Å². The molecule has 1 atom stereocenters. The van der Waals surface area contributed by atoms with Gasteiger partial charge in [0, 0.05) is 12.1 Å². The van der Waals surface area contributed by atoms with Crippen LogP contribution in [0.5, 0.6) is 17.2 Å². The van der Waals surface area contributed by atoms with Gasteiger partial charge >= 0.3 is 0 Å². The molecule has 0 bridgehead atoms. The van der Waals surface area contributed by atoms with Crippen molar-refractivity contribution in [2.45, 2.75) is 46.1 Å². The van der Waals surface area contributed by atoms with E-state index in [4.69, 9.17) is 14.2 Å². The predicted molar refractivity (Wildman–Crippen MR) is 131 cm³/mol. The summed E-state index contributed by atoms with van der Waals surface area (Å²) in [7, 11) is 3.13. The third kappa shape index (κ3) is 4.60. The lowest BCUT2D eigenvalue weighted by molar-refractivity contribution is -0.139. The zero-order chi connectivity index (χ0) is 25.0. The number of likely N-dealkylation sites (tertiary alicyclic amines) is 1. The molecule has 3 rings (SSSR count). The number of carbonyl (C=O) groups is 2. The second-order valence-electron chi connectivity index (χ2n) is 8.45. The van der Waals surface area contributed by atoms with Gasteiger partial charge in [0.2, 0.25) is 0 Å². The average Bonchev–Trinajstić information content (AvgIpc) is 3.08. The second-order valence-corrected chi connectivity index (χ2v) is 8.45. The number of nitrogens with zero attached hydrogens (tertiary/aromatic N) is 1. The topological polar surface area (TPSA) is 85.3 Å². The van der Waals surface area contributed by atoms with Crippen molar-refractivity contribution in [1.82, 2.24) is 4.90 Å². The van der Waals surface area contributed by atoms with Crippen molar-refractivity contribution in [3.63, 3.8) is 0 Å². The number of benzene rings is 2. The summed E-state index contributed by atoms with van der Waals surface area (Å²) in [6, 6.07) is 9.84. The maximum atomic E-state index is 13.2. The van der Waals surface area contributed by atoms with Crippen LogP contribution in [0.2, 0.25) is 0 Å². The van der Waals surface area contributed by atoms with Crippen LogP contribution in [0, 0.1) is 0 Å². The maximum absolute atomic E-state index is 13.2. The third-order valence-electron chi connectivity index (χ3n) is 5.93. The minimum absolute atomic E-state index is 0.0598. The molecule has 0 spiro atoms. The number of carbonyl (C=O) groups excluding carboxylic acids is 2. The highest BCUT2D eigenvalue weighted by Gasteiger charge is 2.46. The molecule has 1 fully saturated rings. The van der Waals surface area contributed by atoms with E-state index in [0.29, 0.717) is 47.9 Å². The van der Waals surface area contributed by atoms with Gasteiger partial charge in [0.25, 0.3) is 11.7 Å². The Hall–Kier alpha value is -3.48. The summed E-state index contributed by atoms with van der Waals surface area (Å²) in [6.07, 6.45) is 0.664. The Balaban J connectivity index is 2.21. The van der Waals surface area contributed by atoms with E-state index in [1.54, 1.807) is 37.4 Å². The van der Waals surface area contributed by atoms with Crippen molar-refractivity contribution >= 4 is 17.4 Å². The van der Waals surface area contributed by atoms with Gasteiger partial charge in [-0.05, 0) is 60.7 Å². The van der Waals surface area contributed by atoms with Crippen LogP contribution in [0.15, 0.2) is 42.0 Å². The van der Waals surface area contributed by atoms with E-state index in [-0.39, 0.29) is 17.3 Å². The minimum atomic E-state index is -0.742. The average molecular weight is 468 g/mol. The van der Waals surface area contributed by atoms with Crippen LogP contribution >= 0.6 is 0 Å². The predicted octanol–water partition coefficient (Wildman–Crippen LogP) is 5.06. The summed E-state index contributed by atoms with van der Waals surface area (Å²) in [6.45, 7) is 8.71. The van der Waals surface area contributed by atoms with E-state index in [0.717, 1.165) is 5.56 Å². The van der Waals surface area contributed by atoms with Crippen LogP contribution in [0.4, 0.5) is 0 Å². The van der Waals surface area contributed by atoms with Crippen LogP contribution in [-0.2, 0) is 9.59 Å². The molecule has 0 aromatic heterocycles. The Morgan fingerprint density at radius 1 is 1.00 bits per heavy atom. The van der Waals surface area contributed by atoms with E-state index in [1.807, 2.05) is 33.8 Å². The number of aliphatic hydroxyl groups excluding tert-OH is 1. The SMILES string of the molecule is CCCN1C(=O)C(=O)/C(=C(/O)c2ccc(OC)c(C(C)C)c2)C1c1ccc(OCC)c(OC)c1. The first-order chi connectivity index (χ1) is 16.3. The van der Waals surface area contributed by atoms with Crippen LogP contribution in [-0.4, -0.2) is 49.1 Å². The molecule has 0 radical (unpaired) electrons. The second kappa shape index (κ2) is 10.6. The molecule has 1 N–H and O–H groups in total. The molecular formula is C27H33NO6. The smallest absolute Gasteiger partial charge is 0.295 e. The molecular weight excluding hydrogens is 434 g/mol. The lowest BCUT2D eigenvalue weighted by Gasteiger charge is -2.25. The largest absolute Gasteiger partial charge is 0.507 e. The summed E-state index contributed by atoms with van der Waals surface area (Å²) in [5.41, 5.74) is 2.08. The Morgan fingerprint density at radius 2 is 1.68 bits per heavy atom. The van der Waals surface area contributed by atoms with Gasteiger partial charge in [0.15, 0.2) is 11.5 Å². The number of amides is 1. The molecule has 2 aromatic rings. The Kier molecular flexibility index (Phi) is 7.87. The number of Topliss-reactive ketones (excluding diaryl/α,β-unsaturated/α-hetero) is 1. The van der Waals surface area contributed by atoms with E-state index in [9.17, 15) is 14.7 Å². The molecule has 7 heteroatoms. The number of hydrogen-bond acceptors (Lipinski definition) is 6. The third-order valence-corrected chi connectivity index (χ3v) is 5.93. The van der Waals surface area contributed by atoms with Crippen molar-refractivity contribution < 1.29 is 28.9 Å². The molecule has 2 aromatic carbocycles. The van der Waals surface area contributed by atoms with Gasteiger partial charge in [-0.25, -0.2) is 0 Å². The molecule has 0 aliphatic carbocycles. The Labute approximate surface area is 200 Å². The molecule has 1 aliphatic heterocycles. The molecule has 34 heavy (non-hydrogen) atoms. The first-order valence-electron chi connectivity index (χ1n) is 11.6. The first-order valence-corrected chi connectivity index (χ1v) is 11.6. The lowest BCUT2D eigenvalue weighted by atomic mass is 9.93. The summed E-state index contributed by atoms with van der Waals surface area (Å²) in [5.74, 6) is 0.358. The highest BCUT2D eigenvalue weighted by molar-refractivity contribution is 6.46. The number of rotatable bonds is 9. The Bertz CT molecular complexity index is 1100. The van der Waals surface area contributed by atoms with Crippen LogP contribution in [0.25, 0.3) is 5.76 Å². The van der Waals surface area contributed by atoms with Crippen molar-refractivity contribution in [1.29, 1.82) is 0 Å². The van der Waals surface area contributed by atoms with Crippen LogP contribution in [0.1, 0.15) is 62.8 Å². The number of methoxy groups -OCH3 is 2. The minimum Gasteiger partial charge on any atom is -0.507 e. The van der Waals surface area contributed by atoms with E-state index < -0.39 is 17.7 Å². The fourth-order valence-electron chi connectivity index (χ4n) is 4.32. The fourth-order valence-corrected chi connectivity index (χ4v) is 4.32. The van der Waals surface area contributed by atoms with E-state index in [1.165, 1.54) is 12.0 Å². The van der Waals surface area contributed by atoms with Gasteiger partial charge in [0.05, 0.1) is 32.4 Å². The highest BCUT2D eigenvalue weighted by Crippen LogP contribution is 2.42. The van der Waals surface area contributed by atoms with Gasteiger partial charge in [-0.15, -0.1) is 0 Å². The molecule has 7 nitrogen and oxygen atoms in total. The molecule has 182 valence electrons. The molecule has 1 unspecified atom stereocenters. The van der Waals surface area contributed by atoms with Crippen molar-refractivity contribution in [2.24, 2.45) is 0 Å². The van der Waals surface area contributed by atoms with Crippen molar-refractivity contribution in [3.05, 3.63) is 58.7 Å². The number of aliphatic hydroxyl groups is 1. The van der Waals surface area contributed by atoms with Gasteiger partial charge in [-0.1, -0.05) is 26.8 Å². The fraction of sp³-hybridized carbons (Fsp3) is 0.407. The lowest BCUT2D eigenvalue weighted by Crippen LogP contribution is -2.30. The summed E-state index contributed by atoms with van der Waals surface area (Å²) in [5, 5.41) is 11.3. The van der Waals surface area contributed by atoms with Crippen molar-refractivity contribution in [3.8, 4) is 17.2 Å². The quantitative estimate of drug-likeness (QED) is 0.315. The summed E-state index contributed by atoms with van der Waals surface area (Å²) in [4.78, 5) is 27.7. The van der Waals surface area contributed by atoms with Gasteiger partial charge in [-0.3, -0.25) is 9.59 Å². The van der Waals surface area contributed by atoms with Crippen LogP contribution in [0.3, 0.4) is 0 Å². The van der Waals surface area contributed by atoms with Crippen LogP contribution < -0.4 is 14.2 Å². The molecule has 1 aliphatic rings. The molecule has 1 saturated heterocycles. The zero-order valence-electron chi connectivity index (χ0n) is 20.7. The Morgan fingerprint density at radius 3 is 2.26 bits per heavy atom. The summed E-state index contributed by atoms with van der Waals surface area (Å²) < 4.78 is 16.6. The van der Waals surface area contributed by atoms with E-state index >= 15 is 0 Å². The van der Waals surface area contributed by atoms with Gasteiger partial charge in [0.1, 0.15) is 11.5 Å². The summed E-state index contributed by atoms with van der Waals surface area (Å²) >= 11 is 0. The van der Waals surface area contributed by atoms with Gasteiger partial charge < -0.3 is 24.2 Å². The monoisotopic (exact) mass is 467 g/mol. The molecule has 1 heterocycles. The molecule has 1 amide bonds.